The van der Waals surface area contributed by atoms with E-state index < -0.39 is 0 Å². The topological polar surface area (TPSA) is 65.4 Å². The van der Waals surface area contributed by atoms with Crippen LogP contribution in [0.15, 0.2) is 48.9 Å². The van der Waals surface area contributed by atoms with Gasteiger partial charge in [-0.1, -0.05) is 6.07 Å². The maximum Gasteiger partial charge on any atom is 0.142 e. The second kappa shape index (κ2) is 4.70. The standard InChI is InChI=1S/C14H14N4O/c1-19-12-6-4-7-16-14(12)13(15)10-9-17-18-8-3-2-5-11(10)18/h2-9,13H,15H2,1H3. The van der Waals surface area contributed by atoms with Crippen LogP contribution < -0.4 is 10.5 Å². The Kier molecular flexibility index (Phi) is 2.89. The zero-order valence-electron chi connectivity index (χ0n) is 10.5. The van der Waals surface area contributed by atoms with Crippen molar-refractivity contribution in [1.82, 2.24) is 14.6 Å². The predicted molar refractivity (Wildman–Crippen MR) is 72.0 cm³/mol. The van der Waals surface area contributed by atoms with Crippen LogP contribution in [0.4, 0.5) is 0 Å². The summed E-state index contributed by atoms with van der Waals surface area (Å²) in [4.78, 5) is 4.33. The highest BCUT2D eigenvalue weighted by molar-refractivity contribution is 5.57. The Morgan fingerprint density at radius 1 is 1.26 bits per heavy atom. The van der Waals surface area contributed by atoms with Crippen molar-refractivity contribution < 1.29 is 4.74 Å². The normalized spacial score (nSPS) is 12.5. The summed E-state index contributed by atoms with van der Waals surface area (Å²) >= 11 is 0. The lowest BCUT2D eigenvalue weighted by atomic mass is 10.1. The van der Waals surface area contributed by atoms with E-state index in [9.17, 15) is 0 Å². The Hall–Kier alpha value is -2.40. The third-order valence-corrected chi connectivity index (χ3v) is 3.11. The lowest BCUT2D eigenvalue weighted by Crippen LogP contribution is -2.14. The van der Waals surface area contributed by atoms with Crippen LogP contribution in [0.3, 0.4) is 0 Å². The maximum atomic E-state index is 6.31. The van der Waals surface area contributed by atoms with Gasteiger partial charge in [0, 0.05) is 18.0 Å². The molecule has 0 fully saturated rings. The van der Waals surface area contributed by atoms with Crippen LogP contribution in [0.5, 0.6) is 5.75 Å². The van der Waals surface area contributed by atoms with Gasteiger partial charge in [0.2, 0.25) is 0 Å². The average molecular weight is 254 g/mol. The van der Waals surface area contributed by atoms with Crippen LogP contribution in [0.25, 0.3) is 5.52 Å². The molecule has 19 heavy (non-hydrogen) atoms. The van der Waals surface area contributed by atoms with Crippen LogP contribution in [0.2, 0.25) is 0 Å². The van der Waals surface area contributed by atoms with Gasteiger partial charge < -0.3 is 10.5 Å². The number of nitrogens with two attached hydrogens (primary N) is 1. The van der Waals surface area contributed by atoms with Crippen molar-refractivity contribution in [3.05, 3.63) is 60.2 Å². The molecule has 0 radical (unpaired) electrons. The Morgan fingerprint density at radius 2 is 2.16 bits per heavy atom. The second-order valence-electron chi connectivity index (χ2n) is 4.20. The van der Waals surface area contributed by atoms with Gasteiger partial charge in [0.25, 0.3) is 0 Å². The van der Waals surface area contributed by atoms with E-state index in [4.69, 9.17) is 10.5 Å². The fourth-order valence-electron chi connectivity index (χ4n) is 2.15. The second-order valence-corrected chi connectivity index (χ2v) is 4.20. The zero-order chi connectivity index (χ0) is 13.2. The molecule has 5 nitrogen and oxygen atoms in total. The van der Waals surface area contributed by atoms with Gasteiger partial charge in [0.1, 0.15) is 11.4 Å². The van der Waals surface area contributed by atoms with Crippen LogP contribution >= 0.6 is 0 Å². The number of hydrogen-bond acceptors (Lipinski definition) is 4. The van der Waals surface area contributed by atoms with E-state index >= 15 is 0 Å². The van der Waals surface area contributed by atoms with E-state index in [1.165, 1.54) is 0 Å². The van der Waals surface area contributed by atoms with Crippen LogP contribution in [-0.2, 0) is 0 Å². The highest BCUT2D eigenvalue weighted by Crippen LogP contribution is 2.28. The molecule has 0 aromatic carbocycles. The lowest BCUT2D eigenvalue weighted by molar-refractivity contribution is 0.404. The van der Waals surface area contributed by atoms with Crippen molar-refractivity contribution >= 4 is 5.52 Å². The summed E-state index contributed by atoms with van der Waals surface area (Å²) < 4.78 is 7.10. The number of methoxy groups -OCH3 is 1. The molecule has 1 atom stereocenters. The van der Waals surface area contributed by atoms with Gasteiger partial charge in [-0.15, -0.1) is 0 Å². The first-order valence-corrected chi connectivity index (χ1v) is 5.98. The molecule has 0 aliphatic heterocycles. The van der Waals surface area contributed by atoms with Crippen LogP contribution in [0.1, 0.15) is 17.3 Å². The third kappa shape index (κ3) is 1.94. The average Bonchev–Trinajstić information content (AvgIpc) is 2.90. The lowest BCUT2D eigenvalue weighted by Gasteiger charge is -2.13. The third-order valence-electron chi connectivity index (χ3n) is 3.11. The molecule has 0 aliphatic carbocycles. The SMILES string of the molecule is COc1cccnc1C(N)c1cnn2ccccc12. The molecule has 0 spiro atoms. The van der Waals surface area contributed by atoms with Gasteiger partial charge in [-0.25, -0.2) is 4.52 Å². The number of hydrogen-bond donors (Lipinski definition) is 1. The van der Waals surface area contributed by atoms with Crippen LogP contribution in [0, 0.1) is 0 Å². The Bertz CT molecular complexity index is 707. The fraction of sp³-hybridized carbons (Fsp3) is 0.143. The van der Waals surface area contributed by atoms with E-state index in [1.54, 1.807) is 24.0 Å². The van der Waals surface area contributed by atoms with Crippen molar-refractivity contribution in [2.24, 2.45) is 5.73 Å². The van der Waals surface area contributed by atoms with E-state index in [2.05, 4.69) is 10.1 Å². The molecule has 1 unspecified atom stereocenters. The summed E-state index contributed by atoms with van der Waals surface area (Å²) in [5, 5.41) is 4.29. The minimum absolute atomic E-state index is 0.365. The summed E-state index contributed by atoms with van der Waals surface area (Å²) in [6.07, 6.45) is 5.37. The van der Waals surface area contributed by atoms with E-state index in [0.29, 0.717) is 11.4 Å². The number of ether oxygens (including phenoxy) is 1. The van der Waals surface area contributed by atoms with Crippen molar-refractivity contribution in [3.63, 3.8) is 0 Å². The predicted octanol–water partition coefficient (Wildman–Crippen LogP) is 1.79. The molecule has 96 valence electrons. The Labute approximate surface area is 110 Å². The van der Waals surface area contributed by atoms with Gasteiger partial charge in [-0.2, -0.15) is 5.10 Å². The quantitative estimate of drug-likeness (QED) is 0.773. The highest BCUT2D eigenvalue weighted by atomic mass is 16.5. The largest absolute Gasteiger partial charge is 0.495 e. The van der Waals surface area contributed by atoms with Crippen molar-refractivity contribution in [1.29, 1.82) is 0 Å². The number of rotatable bonds is 3. The van der Waals surface area contributed by atoms with E-state index in [1.807, 2.05) is 36.5 Å². The molecule has 3 rings (SSSR count). The number of aromatic nitrogens is 3. The first-order valence-electron chi connectivity index (χ1n) is 5.98. The first-order chi connectivity index (χ1) is 9.31. The highest BCUT2D eigenvalue weighted by Gasteiger charge is 2.18. The van der Waals surface area contributed by atoms with Gasteiger partial charge >= 0.3 is 0 Å². The molecule has 2 N–H and O–H groups in total. The smallest absolute Gasteiger partial charge is 0.142 e. The molecule has 3 aromatic rings. The maximum absolute atomic E-state index is 6.31. The summed E-state index contributed by atoms with van der Waals surface area (Å²) in [6.45, 7) is 0. The Morgan fingerprint density at radius 3 is 3.00 bits per heavy atom. The fourth-order valence-corrected chi connectivity index (χ4v) is 2.15. The van der Waals surface area contributed by atoms with E-state index in [-0.39, 0.29) is 6.04 Å². The van der Waals surface area contributed by atoms with Crippen LogP contribution in [-0.4, -0.2) is 21.7 Å². The first kappa shape index (κ1) is 11.7. The molecule has 0 bridgehead atoms. The molecule has 3 aromatic heterocycles. The van der Waals surface area contributed by atoms with Gasteiger partial charge in [-0.05, 0) is 24.3 Å². The minimum Gasteiger partial charge on any atom is -0.495 e. The van der Waals surface area contributed by atoms with Crippen molar-refractivity contribution in [2.45, 2.75) is 6.04 Å². The van der Waals surface area contributed by atoms with Crippen molar-refractivity contribution in [2.75, 3.05) is 7.11 Å². The Balaban J connectivity index is 2.11. The summed E-state index contributed by atoms with van der Waals surface area (Å²) in [5.41, 5.74) is 8.92. The molecule has 0 saturated heterocycles. The number of pyridine rings is 2. The minimum atomic E-state index is -0.365. The van der Waals surface area contributed by atoms with Gasteiger partial charge in [-0.3, -0.25) is 4.98 Å². The van der Waals surface area contributed by atoms with Crippen molar-refractivity contribution in [3.8, 4) is 5.75 Å². The molecule has 3 heterocycles. The molecular weight excluding hydrogens is 240 g/mol. The monoisotopic (exact) mass is 254 g/mol. The summed E-state index contributed by atoms with van der Waals surface area (Å²) in [6, 6.07) is 9.19. The molecular formula is C14H14N4O. The molecule has 0 amide bonds. The number of nitrogens with zero attached hydrogens (tertiary/aromatic N) is 3. The van der Waals surface area contributed by atoms with E-state index in [0.717, 1.165) is 11.1 Å². The molecule has 0 saturated carbocycles. The zero-order valence-corrected chi connectivity index (χ0v) is 10.5. The molecule has 0 aliphatic rings. The number of fused-ring (bicyclic) bond motifs is 1. The summed E-state index contributed by atoms with van der Waals surface area (Å²) in [5.74, 6) is 0.685. The van der Waals surface area contributed by atoms with Gasteiger partial charge in [0.05, 0.1) is 24.9 Å². The summed E-state index contributed by atoms with van der Waals surface area (Å²) in [7, 11) is 1.61. The molecule has 5 heteroatoms. The van der Waals surface area contributed by atoms with Gasteiger partial charge in [0.15, 0.2) is 0 Å².